The van der Waals surface area contributed by atoms with Crippen LogP contribution in [0.2, 0.25) is 0 Å². The number of aliphatic hydroxyl groups excluding tert-OH is 1. The fraction of sp³-hybridized carbons (Fsp3) is 0.571. The molecule has 0 aliphatic rings. The zero-order chi connectivity index (χ0) is 12.0. The molecule has 1 aromatic carbocycles. The van der Waals surface area contributed by atoms with Gasteiger partial charge in [0.2, 0.25) is 0 Å². The van der Waals surface area contributed by atoms with Crippen molar-refractivity contribution in [2.24, 2.45) is 0 Å². The van der Waals surface area contributed by atoms with E-state index >= 15 is 0 Å². The van der Waals surface area contributed by atoms with Gasteiger partial charge in [0.05, 0.1) is 6.10 Å². The Balaban J connectivity index is 2.52. The lowest BCUT2D eigenvalue weighted by Gasteiger charge is -2.12. The topological polar surface area (TPSA) is 29.5 Å². The van der Waals surface area contributed by atoms with Gasteiger partial charge in [-0.3, -0.25) is 0 Å². The maximum absolute atomic E-state index is 9.90. The van der Waals surface area contributed by atoms with Gasteiger partial charge in [-0.05, 0) is 24.0 Å². The molecule has 90 valence electrons. The van der Waals surface area contributed by atoms with Crippen LogP contribution in [0, 0.1) is 0 Å². The van der Waals surface area contributed by atoms with Crippen molar-refractivity contribution in [1.82, 2.24) is 0 Å². The van der Waals surface area contributed by atoms with Crippen molar-refractivity contribution in [3.8, 4) is 0 Å². The third-order valence-corrected chi connectivity index (χ3v) is 2.73. The lowest BCUT2D eigenvalue weighted by molar-refractivity contribution is 0.0886. The lowest BCUT2D eigenvalue weighted by atomic mass is 9.99. The van der Waals surface area contributed by atoms with E-state index in [9.17, 15) is 5.11 Å². The smallest absolute Gasteiger partial charge is 0.0812 e. The first-order chi connectivity index (χ1) is 7.65. The molecule has 0 aliphatic carbocycles. The van der Waals surface area contributed by atoms with Crippen LogP contribution in [0.25, 0.3) is 0 Å². The first-order valence-electron chi connectivity index (χ1n) is 6.00. The third kappa shape index (κ3) is 3.95. The molecule has 0 amide bonds. The van der Waals surface area contributed by atoms with Crippen LogP contribution in [-0.2, 0) is 4.74 Å². The van der Waals surface area contributed by atoms with Crippen LogP contribution in [0.4, 0.5) is 0 Å². The zero-order valence-electron chi connectivity index (χ0n) is 10.4. The highest BCUT2D eigenvalue weighted by Crippen LogP contribution is 2.20. The molecule has 0 spiro atoms. The highest BCUT2D eigenvalue weighted by molar-refractivity contribution is 5.25. The molecule has 0 aliphatic heterocycles. The Kier molecular flexibility index (Phi) is 5.50. The second-order valence-corrected chi connectivity index (χ2v) is 4.32. The molecule has 1 N–H and O–H groups in total. The van der Waals surface area contributed by atoms with Crippen LogP contribution in [0.15, 0.2) is 24.3 Å². The van der Waals surface area contributed by atoms with E-state index in [0.717, 1.165) is 5.56 Å². The maximum atomic E-state index is 9.90. The van der Waals surface area contributed by atoms with Crippen molar-refractivity contribution in [1.29, 1.82) is 0 Å². The van der Waals surface area contributed by atoms with Crippen molar-refractivity contribution in [2.75, 3.05) is 13.2 Å². The van der Waals surface area contributed by atoms with E-state index in [2.05, 4.69) is 26.0 Å². The van der Waals surface area contributed by atoms with Crippen molar-refractivity contribution in [3.63, 3.8) is 0 Å². The van der Waals surface area contributed by atoms with E-state index in [1.807, 2.05) is 19.1 Å². The van der Waals surface area contributed by atoms with Gasteiger partial charge in [-0.15, -0.1) is 0 Å². The Morgan fingerprint density at radius 1 is 1.12 bits per heavy atom. The average molecular weight is 222 g/mol. The highest BCUT2D eigenvalue weighted by Gasteiger charge is 2.07. The molecule has 0 saturated carbocycles. The minimum Gasteiger partial charge on any atom is -0.388 e. The summed E-state index contributed by atoms with van der Waals surface area (Å²) in [6, 6.07) is 8.19. The van der Waals surface area contributed by atoms with E-state index < -0.39 is 6.10 Å². The van der Waals surface area contributed by atoms with E-state index in [4.69, 9.17) is 4.74 Å². The Morgan fingerprint density at radius 2 is 1.69 bits per heavy atom. The van der Waals surface area contributed by atoms with Crippen molar-refractivity contribution < 1.29 is 9.84 Å². The number of hydrogen-bond acceptors (Lipinski definition) is 2. The summed E-state index contributed by atoms with van der Waals surface area (Å²) >= 11 is 0. The van der Waals surface area contributed by atoms with E-state index in [1.165, 1.54) is 5.56 Å². The van der Waals surface area contributed by atoms with Crippen LogP contribution < -0.4 is 0 Å². The Hall–Kier alpha value is -0.860. The van der Waals surface area contributed by atoms with Crippen molar-refractivity contribution >= 4 is 0 Å². The predicted molar refractivity (Wildman–Crippen MR) is 66.6 cm³/mol. The van der Waals surface area contributed by atoms with E-state index in [-0.39, 0.29) is 0 Å². The summed E-state index contributed by atoms with van der Waals surface area (Å²) in [5.41, 5.74) is 2.28. The third-order valence-electron chi connectivity index (χ3n) is 2.73. The highest BCUT2D eigenvalue weighted by atomic mass is 16.5. The summed E-state index contributed by atoms with van der Waals surface area (Å²) in [6.45, 7) is 7.62. The van der Waals surface area contributed by atoms with Crippen molar-refractivity contribution in [3.05, 3.63) is 35.4 Å². The minimum atomic E-state index is -0.409. The van der Waals surface area contributed by atoms with Gasteiger partial charge in [-0.1, -0.05) is 38.1 Å². The molecule has 16 heavy (non-hydrogen) atoms. The number of benzene rings is 1. The second-order valence-electron chi connectivity index (χ2n) is 4.32. The Bertz CT molecular complexity index is 290. The molecule has 1 aromatic rings. The van der Waals surface area contributed by atoms with Gasteiger partial charge in [0.25, 0.3) is 0 Å². The van der Waals surface area contributed by atoms with E-state index in [0.29, 0.717) is 25.6 Å². The number of ether oxygens (including phenoxy) is 1. The minimum absolute atomic E-state index is 0.409. The second kappa shape index (κ2) is 6.66. The van der Waals surface area contributed by atoms with Crippen molar-refractivity contribution in [2.45, 2.75) is 39.2 Å². The van der Waals surface area contributed by atoms with Crippen LogP contribution in [0.3, 0.4) is 0 Å². The molecule has 1 unspecified atom stereocenters. The van der Waals surface area contributed by atoms with Gasteiger partial charge in [0.1, 0.15) is 0 Å². The summed E-state index contributed by atoms with van der Waals surface area (Å²) in [6.07, 6.45) is 0.252. The SMILES string of the molecule is CCOCCC(O)c1ccc(C(C)C)cc1. The van der Waals surface area contributed by atoms with Gasteiger partial charge in [0, 0.05) is 19.6 Å². The summed E-state index contributed by atoms with van der Waals surface area (Å²) in [4.78, 5) is 0. The molecule has 0 bridgehead atoms. The fourth-order valence-corrected chi connectivity index (χ4v) is 1.61. The van der Waals surface area contributed by atoms with Crippen LogP contribution in [-0.4, -0.2) is 18.3 Å². The molecule has 2 heteroatoms. The fourth-order valence-electron chi connectivity index (χ4n) is 1.61. The van der Waals surface area contributed by atoms with Gasteiger partial charge >= 0.3 is 0 Å². The van der Waals surface area contributed by atoms with Gasteiger partial charge in [-0.25, -0.2) is 0 Å². The van der Waals surface area contributed by atoms with Gasteiger partial charge in [-0.2, -0.15) is 0 Å². The number of hydrogen-bond donors (Lipinski definition) is 1. The maximum Gasteiger partial charge on any atom is 0.0812 e. The molecule has 1 rings (SSSR count). The summed E-state index contributed by atoms with van der Waals surface area (Å²) < 4.78 is 5.23. The summed E-state index contributed by atoms with van der Waals surface area (Å²) in [5.74, 6) is 0.537. The zero-order valence-corrected chi connectivity index (χ0v) is 10.4. The van der Waals surface area contributed by atoms with Crippen LogP contribution in [0.1, 0.15) is 50.3 Å². The van der Waals surface area contributed by atoms with Crippen LogP contribution >= 0.6 is 0 Å². The molecule has 0 heterocycles. The molecule has 1 atom stereocenters. The first-order valence-corrected chi connectivity index (χ1v) is 6.00. The predicted octanol–water partition coefficient (Wildman–Crippen LogP) is 3.27. The number of rotatable bonds is 6. The molecular weight excluding hydrogens is 200 g/mol. The average Bonchev–Trinajstić information content (AvgIpc) is 2.29. The standard InChI is InChI=1S/C14H22O2/c1-4-16-10-9-14(15)13-7-5-12(6-8-13)11(2)3/h5-8,11,14-15H,4,9-10H2,1-3H3. The Labute approximate surface area is 98.3 Å². The number of aliphatic hydroxyl groups is 1. The first kappa shape index (κ1) is 13.2. The monoisotopic (exact) mass is 222 g/mol. The normalized spacial score (nSPS) is 13.1. The summed E-state index contributed by atoms with van der Waals surface area (Å²) in [7, 11) is 0. The van der Waals surface area contributed by atoms with E-state index in [1.54, 1.807) is 0 Å². The molecule has 0 aromatic heterocycles. The lowest BCUT2D eigenvalue weighted by Crippen LogP contribution is -2.03. The van der Waals surface area contributed by atoms with Gasteiger partial charge in [0.15, 0.2) is 0 Å². The molecule has 2 nitrogen and oxygen atoms in total. The van der Waals surface area contributed by atoms with Crippen LogP contribution in [0.5, 0.6) is 0 Å². The van der Waals surface area contributed by atoms with Gasteiger partial charge < -0.3 is 9.84 Å². The molecule has 0 saturated heterocycles. The molecule has 0 fully saturated rings. The quantitative estimate of drug-likeness (QED) is 0.748. The largest absolute Gasteiger partial charge is 0.388 e. The molecule has 0 radical (unpaired) electrons. The summed E-state index contributed by atoms with van der Waals surface area (Å²) in [5, 5.41) is 9.90. The molecular formula is C14H22O2. The Morgan fingerprint density at radius 3 is 2.19 bits per heavy atom.